The maximum atomic E-state index is 12.0. The molecule has 0 N–H and O–H groups in total. The van der Waals surface area contributed by atoms with E-state index in [4.69, 9.17) is 9.47 Å². The van der Waals surface area contributed by atoms with Crippen LogP contribution in [-0.2, 0) is 14.3 Å². The lowest BCUT2D eigenvalue weighted by Gasteiger charge is -2.35. The van der Waals surface area contributed by atoms with Crippen molar-refractivity contribution < 1.29 is 24.0 Å². The molecule has 8 nitrogen and oxygen atoms in total. The summed E-state index contributed by atoms with van der Waals surface area (Å²) in [6, 6.07) is 5.31. The van der Waals surface area contributed by atoms with Crippen LogP contribution in [0.2, 0.25) is 0 Å². The van der Waals surface area contributed by atoms with Gasteiger partial charge in [0.2, 0.25) is 0 Å². The molecular weight excluding hydrogens is 292 g/mol. The number of nitro benzene ring substituents is 1. The number of amides is 1. The number of esters is 1. The fourth-order valence-corrected chi connectivity index (χ4v) is 3.10. The number of non-ortho nitro benzene ring substituents is 1. The van der Waals surface area contributed by atoms with Crippen molar-refractivity contribution in [3.05, 3.63) is 39.9 Å². The molecule has 0 saturated carbocycles. The smallest absolute Gasteiger partial charge is 0.410 e. The summed E-state index contributed by atoms with van der Waals surface area (Å²) in [5.74, 6) is -0.965. The van der Waals surface area contributed by atoms with E-state index in [0.29, 0.717) is 18.5 Å². The monoisotopic (exact) mass is 306 g/mol. The average molecular weight is 306 g/mol. The van der Waals surface area contributed by atoms with Crippen LogP contribution in [0.5, 0.6) is 0 Å². The predicted octanol–water partition coefficient (Wildman–Crippen LogP) is 1.65. The van der Waals surface area contributed by atoms with Crippen LogP contribution >= 0.6 is 0 Å². The lowest BCUT2D eigenvalue weighted by Crippen LogP contribution is -2.43. The number of hydrogen-bond acceptors (Lipinski definition) is 6. The summed E-state index contributed by atoms with van der Waals surface area (Å²) in [6.45, 7) is 0.411. The molecule has 0 aliphatic carbocycles. The van der Waals surface area contributed by atoms with Crippen LogP contribution in [0.3, 0.4) is 0 Å². The summed E-state index contributed by atoms with van der Waals surface area (Å²) in [6.07, 6.45) is -0.401. The molecule has 0 radical (unpaired) electrons. The number of fused-ring (bicyclic) bond motifs is 2. The Bertz CT molecular complexity index is 629. The molecule has 2 unspecified atom stereocenters. The number of nitrogens with zero attached hydrogens (tertiary/aromatic N) is 2. The lowest BCUT2D eigenvalue weighted by molar-refractivity contribution is -0.384. The molecule has 3 rings (SSSR count). The first-order chi connectivity index (χ1) is 10.5. The fourth-order valence-electron chi connectivity index (χ4n) is 3.10. The average Bonchev–Trinajstić information content (AvgIpc) is 2.81. The van der Waals surface area contributed by atoms with Gasteiger partial charge in [0.05, 0.1) is 30.5 Å². The molecule has 2 aliphatic rings. The molecule has 2 fully saturated rings. The summed E-state index contributed by atoms with van der Waals surface area (Å²) in [5, 5.41) is 10.7. The van der Waals surface area contributed by atoms with E-state index in [-0.39, 0.29) is 11.8 Å². The van der Waals surface area contributed by atoms with Crippen molar-refractivity contribution >= 4 is 17.7 Å². The van der Waals surface area contributed by atoms with E-state index in [1.165, 1.54) is 24.1 Å². The number of methoxy groups -OCH3 is 1. The van der Waals surface area contributed by atoms with Gasteiger partial charge in [0, 0.05) is 18.6 Å². The van der Waals surface area contributed by atoms with E-state index in [1.54, 1.807) is 12.1 Å². The van der Waals surface area contributed by atoms with Gasteiger partial charge in [-0.2, -0.15) is 0 Å². The first kappa shape index (κ1) is 14.3. The molecule has 22 heavy (non-hydrogen) atoms. The standard InChI is InChI=1S/C14H14N2O6/c1-21-13(17)11-6-10-7-15(14(18)22-10)12(11)8-2-4-9(5-3-8)16(19)20/h2-5,10-12H,6-7H2,1H3/t10-,11?,12?/m1/s1. The van der Waals surface area contributed by atoms with Crippen LogP contribution in [-0.4, -0.2) is 41.6 Å². The summed E-state index contributed by atoms with van der Waals surface area (Å²) < 4.78 is 10.0. The molecule has 2 saturated heterocycles. The van der Waals surface area contributed by atoms with Crippen LogP contribution in [0, 0.1) is 16.0 Å². The highest BCUT2D eigenvalue weighted by atomic mass is 16.6. The maximum absolute atomic E-state index is 12.0. The highest BCUT2D eigenvalue weighted by molar-refractivity contribution is 5.78. The van der Waals surface area contributed by atoms with Crippen molar-refractivity contribution in [2.45, 2.75) is 18.6 Å². The lowest BCUT2D eigenvalue weighted by atomic mass is 9.84. The minimum atomic E-state index is -0.545. The van der Waals surface area contributed by atoms with E-state index < -0.39 is 28.9 Å². The number of benzene rings is 1. The molecule has 1 amide bonds. The third kappa shape index (κ3) is 2.26. The topological polar surface area (TPSA) is 99.0 Å². The minimum Gasteiger partial charge on any atom is -0.469 e. The largest absolute Gasteiger partial charge is 0.469 e. The van der Waals surface area contributed by atoms with Crippen LogP contribution in [0.25, 0.3) is 0 Å². The van der Waals surface area contributed by atoms with Gasteiger partial charge in [0.15, 0.2) is 0 Å². The fraction of sp³-hybridized carbons (Fsp3) is 0.429. The molecule has 116 valence electrons. The molecule has 1 aromatic carbocycles. The molecule has 8 heteroatoms. The Balaban J connectivity index is 1.97. The Kier molecular flexibility index (Phi) is 3.44. The van der Waals surface area contributed by atoms with Gasteiger partial charge >= 0.3 is 12.1 Å². The summed E-state index contributed by atoms with van der Waals surface area (Å²) in [4.78, 5) is 35.7. The molecule has 2 heterocycles. The number of ether oxygens (including phenoxy) is 2. The number of piperidine rings is 1. The Morgan fingerprint density at radius 2 is 2.09 bits per heavy atom. The zero-order valence-corrected chi connectivity index (χ0v) is 11.8. The van der Waals surface area contributed by atoms with Gasteiger partial charge in [-0.25, -0.2) is 4.79 Å². The molecule has 0 spiro atoms. The number of rotatable bonds is 3. The predicted molar refractivity (Wildman–Crippen MR) is 72.9 cm³/mol. The van der Waals surface area contributed by atoms with E-state index in [1.807, 2.05) is 0 Å². The van der Waals surface area contributed by atoms with E-state index in [0.717, 1.165) is 0 Å². The van der Waals surface area contributed by atoms with Gasteiger partial charge in [0.1, 0.15) is 6.10 Å². The summed E-state index contributed by atoms with van der Waals surface area (Å²) in [7, 11) is 1.30. The van der Waals surface area contributed by atoms with Crippen molar-refractivity contribution in [3.63, 3.8) is 0 Å². The second-order valence-electron chi connectivity index (χ2n) is 5.32. The SMILES string of the molecule is COC(=O)C1C[C@@H]2CN(C(=O)O2)C1c1ccc([N+](=O)[O-])cc1. The Hall–Kier alpha value is -2.64. The van der Waals surface area contributed by atoms with Gasteiger partial charge in [-0.15, -0.1) is 0 Å². The number of carbonyl (C=O) groups excluding carboxylic acids is 2. The van der Waals surface area contributed by atoms with Crippen molar-refractivity contribution in [3.8, 4) is 0 Å². The number of nitro groups is 1. The third-order valence-corrected chi connectivity index (χ3v) is 4.09. The highest BCUT2D eigenvalue weighted by Gasteiger charge is 2.49. The second-order valence-corrected chi connectivity index (χ2v) is 5.32. The quantitative estimate of drug-likeness (QED) is 0.478. The van der Waals surface area contributed by atoms with Gasteiger partial charge < -0.3 is 9.47 Å². The van der Waals surface area contributed by atoms with Gasteiger partial charge in [-0.05, 0) is 5.56 Å². The highest BCUT2D eigenvalue weighted by Crippen LogP contribution is 2.41. The summed E-state index contributed by atoms with van der Waals surface area (Å²) in [5.41, 5.74) is 0.606. The number of hydrogen-bond donors (Lipinski definition) is 0. The van der Waals surface area contributed by atoms with Crippen LogP contribution in [0.15, 0.2) is 24.3 Å². The number of carbonyl (C=O) groups is 2. The van der Waals surface area contributed by atoms with E-state index in [2.05, 4.69) is 0 Å². The van der Waals surface area contributed by atoms with Crippen molar-refractivity contribution in [2.75, 3.05) is 13.7 Å². The molecular formula is C14H14N2O6. The van der Waals surface area contributed by atoms with Crippen LogP contribution < -0.4 is 0 Å². The van der Waals surface area contributed by atoms with Crippen molar-refractivity contribution in [2.24, 2.45) is 5.92 Å². The Morgan fingerprint density at radius 3 is 2.68 bits per heavy atom. The van der Waals surface area contributed by atoms with Crippen LogP contribution in [0.1, 0.15) is 18.0 Å². The molecule has 0 aromatic heterocycles. The maximum Gasteiger partial charge on any atom is 0.410 e. The Labute approximate surface area is 125 Å². The third-order valence-electron chi connectivity index (χ3n) is 4.09. The Morgan fingerprint density at radius 1 is 1.41 bits per heavy atom. The van der Waals surface area contributed by atoms with Gasteiger partial charge in [-0.1, -0.05) is 12.1 Å². The zero-order chi connectivity index (χ0) is 15.9. The molecule has 1 aromatic rings. The van der Waals surface area contributed by atoms with E-state index >= 15 is 0 Å². The normalized spacial score (nSPS) is 26.5. The first-order valence-electron chi connectivity index (χ1n) is 6.80. The van der Waals surface area contributed by atoms with Gasteiger partial charge in [-0.3, -0.25) is 19.8 Å². The second kappa shape index (κ2) is 5.28. The summed E-state index contributed by atoms with van der Waals surface area (Å²) >= 11 is 0. The first-order valence-corrected chi connectivity index (χ1v) is 6.80. The van der Waals surface area contributed by atoms with E-state index in [9.17, 15) is 19.7 Å². The molecule has 2 bridgehead atoms. The van der Waals surface area contributed by atoms with Crippen molar-refractivity contribution in [1.29, 1.82) is 0 Å². The van der Waals surface area contributed by atoms with Crippen molar-refractivity contribution in [1.82, 2.24) is 4.90 Å². The molecule has 2 aliphatic heterocycles. The zero-order valence-electron chi connectivity index (χ0n) is 11.8. The molecule has 3 atom stereocenters. The van der Waals surface area contributed by atoms with Crippen LogP contribution in [0.4, 0.5) is 10.5 Å². The van der Waals surface area contributed by atoms with Gasteiger partial charge in [0.25, 0.3) is 5.69 Å². The minimum absolute atomic E-state index is 0.0453.